The van der Waals surface area contributed by atoms with Crippen molar-refractivity contribution in [1.29, 1.82) is 0 Å². The van der Waals surface area contributed by atoms with Crippen LogP contribution < -0.4 is 4.90 Å². The van der Waals surface area contributed by atoms with Gasteiger partial charge in [0, 0.05) is 24.8 Å². The Morgan fingerprint density at radius 1 is 1.35 bits per heavy atom. The fourth-order valence-electron chi connectivity index (χ4n) is 3.01. The van der Waals surface area contributed by atoms with Gasteiger partial charge in [0.05, 0.1) is 8.49 Å². The van der Waals surface area contributed by atoms with Gasteiger partial charge in [-0.2, -0.15) is 0 Å². The van der Waals surface area contributed by atoms with E-state index in [1.165, 1.54) is 32.1 Å². The molecule has 1 fully saturated rings. The highest BCUT2D eigenvalue weighted by Crippen LogP contribution is 2.33. The molecular formula is C15H21IN2O2. The van der Waals surface area contributed by atoms with Gasteiger partial charge in [0.1, 0.15) is 0 Å². The quantitative estimate of drug-likeness (QED) is 0.430. The second kappa shape index (κ2) is 6.74. The van der Waals surface area contributed by atoms with E-state index in [0.717, 1.165) is 11.6 Å². The highest BCUT2D eigenvalue weighted by Gasteiger charge is 2.24. The first-order valence-corrected chi connectivity index (χ1v) is 8.27. The third-order valence-corrected chi connectivity index (χ3v) is 5.34. The van der Waals surface area contributed by atoms with Crippen molar-refractivity contribution in [2.75, 3.05) is 11.9 Å². The van der Waals surface area contributed by atoms with E-state index in [4.69, 9.17) is 0 Å². The summed E-state index contributed by atoms with van der Waals surface area (Å²) in [7, 11) is 2.11. The number of halogens is 1. The lowest BCUT2D eigenvalue weighted by Gasteiger charge is -2.35. The van der Waals surface area contributed by atoms with Crippen LogP contribution in [0.25, 0.3) is 0 Å². The summed E-state index contributed by atoms with van der Waals surface area (Å²) in [5, 5.41) is 10.9. The molecule has 0 heterocycles. The maximum absolute atomic E-state index is 10.9. The van der Waals surface area contributed by atoms with Gasteiger partial charge in [-0.15, -0.1) is 0 Å². The Hall–Kier alpha value is -0.850. The summed E-state index contributed by atoms with van der Waals surface area (Å²) in [5.41, 5.74) is 1.28. The summed E-state index contributed by atoms with van der Waals surface area (Å²) in [4.78, 5) is 12.8. The van der Waals surface area contributed by atoms with E-state index < -0.39 is 0 Å². The molecule has 2 rings (SSSR count). The molecule has 4 nitrogen and oxygen atoms in total. The third-order valence-electron chi connectivity index (χ3n) is 4.48. The molecule has 110 valence electrons. The molecule has 0 N–H and O–H groups in total. The zero-order valence-corrected chi connectivity index (χ0v) is 14.2. The molecule has 0 amide bonds. The average Bonchev–Trinajstić information content (AvgIpc) is 2.46. The van der Waals surface area contributed by atoms with Crippen LogP contribution in [0.15, 0.2) is 18.2 Å². The Bertz CT molecular complexity index is 485. The summed E-state index contributed by atoms with van der Waals surface area (Å²) >= 11 is 2.05. The third kappa shape index (κ3) is 3.42. The lowest BCUT2D eigenvalue weighted by atomic mass is 9.84. The number of rotatable bonds is 4. The number of benzene rings is 1. The molecule has 20 heavy (non-hydrogen) atoms. The highest BCUT2D eigenvalue weighted by atomic mass is 127. The van der Waals surface area contributed by atoms with Gasteiger partial charge in [0.15, 0.2) is 0 Å². The monoisotopic (exact) mass is 388 g/mol. The van der Waals surface area contributed by atoms with E-state index in [1.807, 2.05) is 34.7 Å². The van der Waals surface area contributed by atoms with Crippen LogP contribution in [0.2, 0.25) is 0 Å². The normalized spacial score (nSPS) is 22.6. The van der Waals surface area contributed by atoms with Crippen molar-refractivity contribution in [1.82, 2.24) is 0 Å². The van der Waals surface area contributed by atoms with E-state index in [1.54, 1.807) is 6.07 Å². The predicted molar refractivity (Wildman–Crippen MR) is 90.3 cm³/mol. The summed E-state index contributed by atoms with van der Waals surface area (Å²) in [5.74, 6) is 0.886. The molecule has 1 aliphatic rings. The second-order valence-electron chi connectivity index (χ2n) is 5.59. The molecule has 0 spiro atoms. The van der Waals surface area contributed by atoms with Gasteiger partial charge in [-0.05, 0) is 66.3 Å². The van der Waals surface area contributed by atoms with E-state index in [2.05, 4.69) is 18.9 Å². The first kappa shape index (κ1) is 15.5. The van der Waals surface area contributed by atoms with Crippen LogP contribution in [0.1, 0.15) is 39.0 Å². The van der Waals surface area contributed by atoms with Gasteiger partial charge in [-0.25, -0.2) is 0 Å². The van der Waals surface area contributed by atoms with Gasteiger partial charge in [-0.1, -0.05) is 13.3 Å². The summed E-state index contributed by atoms with van der Waals surface area (Å²) in [6.07, 6.45) is 6.34. The lowest BCUT2D eigenvalue weighted by Crippen LogP contribution is -2.35. The molecule has 0 aromatic heterocycles. The fraction of sp³-hybridized carbons (Fsp3) is 0.600. The summed E-state index contributed by atoms with van der Waals surface area (Å²) < 4.78 is 0.708. The largest absolute Gasteiger partial charge is 0.372 e. The molecule has 1 aromatic carbocycles. The van der Waals surface area contributed by atoms with Crippen LogP contribution in [0.5, 0.6) is 0 Å². The van der Waals surface area contributed by atoms with Crippen molar-refractivity contribution < 1.29 is 4.92 Å². The number of nitro groups is 1. The van der Waals surface area contributed by atoms with Gasteiger partial charge >= 0.3 is 0 Å². The van der Waals surface area contributed by atoms with E-state index in [0.29, 0.717) is 9.61 Å². The van der Waals surface area contributed by atoms with Crippen molar-refractivity contribution in [2.24, 2.45) is 5.92 Å². The van der Waals surface area contributed by atoms with E-state index in [9.17, 15) is 10.1 Å². The standard InChI is InChI=1S/C15H21IN2O2/c1-3-11-4-6-12(7-5-11)17(2)13-8-9-15(18(19)20)14(16)10-13/h8-12H,3-7H2,1-2H3. The summed E-state index contributed by atoms with van der Waals surface area (Å²) in [6, 6.07) is 5.97. The Balaban J connectivity index is 2.08. The SMILES string of the molecule is CCC1CCC(N(C)c2ccc([N+](=O)[O-])c(I)c2)CC1. The minimum atomic E-state index is -0.321. The first-order valence-electron chi connectivity index (χ1n) is 7.19. The van der Waals surface area contributed by atoms with Crippen molar-refractivity contribution in [3.8, 4) is 0 Å². The molecular weight excluding hydrogens is 367 g/mol. The lowest BCUT2D eigenvalue weighted by molar-refractivity contribution is -0.385. The molecule has 0 saturated heterocycles. The van der Waals surface area contributed by atoms with Crippen LogP contribution in [-0.4, -0.2) is 18.0 Å². The molecule has 0 aliphatic heterocycles. The number of nitrogens with zero attached hydrogens (tertiary/aromatic N) is 2. The Labute approximate surface area is 133 Å². The maximum atomic E-state index is 10.9. The Morgan fingerprint density at radius 2 is 2.00 bits per heavy atom. The minimum Gasteiger partial charge on any atom is -0.372 e. The van der Waals surface area contributed by atoms with E-state index in [-0.39, 0.29) is 10.6 Å². The van der Waals surface area contributed by atoms with Crippen molar-refractivity contribution in [2.45, 2.75) is 45.1 Å². The minimum absolute atomic E-state index is 0.192. The zero-order valence-electron chi connectivity index (χ0n) is 12.0. The van der Waals surface area contributed by atoms with Gasteiger partial charge in [-0.3, -0.25) is 10.1 Å². The second-order valence-corrected chi connectivity index (χ2v) is 6.75. The van der Waals surface area contributed by atoms with Crippen LogP contribution in [0.3, 0.4) is 0 Å². The van der Waals surface area contributed by atoms with Crippen molar-refractivity contribution >= 4 is 34.0 Å². The average molecular weight is 388 g/mol. The Morgan fingerprint density at radius 3 is 2.50 bits per heavy atom. The van der Waals surface area contributed by atoms with Gasteiger partial charge < -0.3 is 4.90 Å². The maximum Gasteiger partial charge on any atom is 0.282 e. The molecule has 1 aliphatic carbocycles. The van der Waals surface area contributed by atoms with Crippen LogP contribution in [0.4, 0.5) is 11.4 Å². The molecule has 0 bridgehead atoms. The van der Waals surface area contributed by atoms with E-state index >= 15 is 0 Å². The zero-order chi connectivity index (χ0) is 14.7. The first-order chi connectivity index (χ1) is 9.52. The molecule has 0 atom stereocenters. The molecule has 1 aromatic rings. The number of nitro benzene ring substituents is 1. The number of hydrogen-bond acceptors (Lipinski definition) is 3. The molecule has 5 heteroatoms. The topological polar surface area (TPSA) is 46.4 Å². The number of anilines is 1. The highest BCUT2D eigenvalue weighted by molar-refractivity contribution is 14.1. The van der Waals surface area contributed by atoms with Crippen LogP contribution in [-0.2, 0) is 0 Å². The van der Waals surface area contributed by atoms with Crippen LogP contribution >= 0.6 is 22.6 Å². The fourth-order valence-corrected chi connectivity index (χ4v) is 3.71. The molecule has 0 radical (unpaired) electrons. The summed E-state index contributed by atoms with van der Waals surface area (Å²) in [6.45, 7) is 2.27. The van der Waals surface area contributed by atoms with Crippen molar-refractivity contribution in [3.63, 3.8) is 0 Å². The Kier molecular flexibility index (Phi) is 5.23. The molecule has 0 unspecified atom stereocenters. The smallest absolute Gasteiger partial charge is 0.282 e. The van der Waals surface area contributed by atoms with Crippen molar-refractivity contribution in [3.05, 3.63) is 31.9 Å². The molecule has 1 saturated carbocycles. The van der Waals surface area contributed by atoms with Crippen LogP contribution in [0, 0.1) is 19.6 Å². The number of hydrogen-bond donors (Lipinski definition) is 0. The van der Waals surface area contributed by atoms with Gasteiger partial charge in [0.2, 0.25) is 0 Å². The van der Waals surface area contributed by atoms with Gasteiger partial charge in [0.25, 0.3) is 5.69 Å². The predicted octanol–water partition coefficient (Wildman–Crippen LogP) is 4.60.